The zero-order valence-electron chi connectivity index (χ0n) is 11.5. The third-order valence-electron chi connectivity index (χ3n) is 2.76. The maximum absolute atomic E-state index is 12.0. The Morgan fingerprint density at radius 1 is 1.24 bits per heavy atom. The molecule has 2 heterocycles. The summed E-state index contributed by atoms with van der Waals surface area (Å²) in [6.45, 7) is 0. The molecule has 8 nitrogen and oxygen atoms in total. The highest BCUT2D eigenvalue weighted by molar-refractivity contribution is 5.73. The second-order valence-electron chi connectivity index (χ2n) is 4.01. The quantitative estimate of drug-likeness (QED) is 0.535. The van der Waals surface area contributed by atoms with Crippen molar-refractivity contribution in [2.75, 3.05) is 5.73 Å². The van der Waals surface area contributed by atoms with E-state index < -0.39 is 11.2 Å². The molecule has 0 radical (unpaired) electrons. The van der Waals surface area contributed by atoms with Crippen LogP contribution in [0.3, 0.4) is 0 Å². The Morgan fingerprint density at radius 2 is 1.90 bits per heavy atom. The van der Waals surface area contributed by atoms with Gasteiger partial charge in [0, 0.05) is 20.3 Å². The smallest absolute Gasteiger partial charge is 0.332 e. The molecular formula is C12H16ClN5O3. The van der Waals surface area contributed by atoms with E-state index in [1.165, 1.54) is 18.7 Å². The molecule has 0 saturated carbocycles. The van der Waals surface area contributed by atoms with Gasteiger partial charge in [-0.05, 0) is 12.1 Å². The fourth-order valence-corrected chi connectivity index (χ4v) is 1.60. The number of nitrogens with zero attached hydrogens (tertiary/aromatic N) is 3. The van der Waals surface area contributed by atoms with Gasteiger partial charge in [0.1, 0.15) is 5.69 Å². The number of nitrogens with one attached hydrogen (secondary N) is 1. The minimum absolute atomic E-state index is 0. The van der Waals surface area contributed by atoms with Gasteiger partial charge in [-0.25, -0.2) is 9.79 Å². The SMILES string of the molecule is Cn1c(N)c([NH+]=Cc2ccccn2)c(=O)n(C)c1=O.O.[Cl-]. The fourth-order valence-electron chi connectivity index (χ4n) is 1.60. The van der Waals surface area contributed by atoms with Crippen molar-refractivity contribution in [2.45, 2.75) is 0 Å². The lowest BCUT2D eigenvalue weighted by Crippen LogP contribution is -3.00. The standard InChI is InChI=1S/C12H13N5O2.ClH.H2O/c1-16-10(13)9(11(18)17(2)12(16)19)15-7-8-5-3-4-6-14-8;;/h3-7H,13H2,1-2H3;1H;1H2. The number of hydrogen-bond acceptors (Lipinski definition) is 4. The number of nitrogen functional groups attached to an aromatic ring is 1. The molecule has 2 aromatic heterocycles. The van der Waals surface area contributed by atoms with Crippen molar-refractivity contribution in [3.63, 3.8) is 0 Å². The van der Waals surface area contributed by atoms with Gasteiger partial charge in [-0.2, -0.15) is 0 Å². The molecule has 0 atom stereocenters. The van der Waals surface area contributed by atoms with Gasteiger partial charge in [0.05, 0.1) is 0 Å². The normalized spacial score (nSPS) is 10.0. The first-order valence-electron chi connectivity index (χ1n) is 5.58. The number of halogens is 1. The molecule has 0 saturated heterocycles. The zero-order chi connectivity index (χ0) is 14.0. The van der Waals surface area contributed by atoms with Crippen molar-refractivity contribution < 1.29 is 22.9 Å². The molecule has 0 fully saturated rings. The second-order valence-corrected chi connectivity index (χ2v) is 4.01. The average Bonchev–Trinajstić information content (AvgIpc) is 2.44. The minimum atomic E-state index is -0.479. The third-order valence-corrected chi connectivity index (χ3v) is 2.76. The molecule has 0 bridgehead atoms. The van der Waals surface area contributed by atoms with E-state index in [2.05, 4.69) is 9.98 Å². The van der Waals surface area contributed by atoms with E-state index in [4.69, 9.17) is 5.73 Å². The van der Waals surface area contributed by atoms with Crippen molar-refractivity contribution in [1.29, 1.82) is 0 Å². The summed E-state index contributed by atoms with van der Waals surface area (Å²) in [4.78, 5) is 30.5. The van der Waals surface area contributed by atoms with E-state index in [1.54, 1.807) is 24.5 Å². The van der Waals surface area contributed by atoms with Crippen molar-refractivity contribution >= 4 is 17.7 Å². The monoisotopic (exact) mass is 313 g/mol. The molecule has 5 N–H and O–H groups in total. The Kier molecular flexibility index (Phi) is 6.50. The van der Waals surface area contributed by atoms with Crippen molar-refractivity contribution in [2.24, 2.45) is 14.1 Å². The van der Waals surface area contributed by atoms with Crippen LogP contribution in [-0.4, -0.2) is 25.8 Å². The van der Waals surface area contributed by atoms with E-state index >= 15 is 0 Å². The van der Waals surface area contributed by atoms with Crippen LogP contribution in [0.1, 0.15) is 5.69 Å². The summed E-state index contributed by atoms with van der Waals surface area (Å²) in [5.74, 6) is 0.0836. The van der Waals surface area contributed by atoms with Gasteiger partial charge in [0.15, 0.2) is 12.0 Å². The topological polar surface area (TPSA) is 128 Å². The van der Waals surface area contributed by atoms with Crippen LogP contribution in [0.2, 0.25) is 0 Å². The Labute approximate surface area is 126 Å². The molecule has 0 spiro atoms. The lowest BCUT2D eigenvalue weighted by atomic mass is 10.4. The van der Waals surface area contributed by atoms with Crippen molar-refractivity contribution in [3.05, 3.63) is 50.9 Å². The molecular weight excluding hydrogens is 298 g/mol. The highest BCUT2D eigenvalue weighted by Crippen LogP contribution is 2.00. The first-order valence-corrected chi connectivity index (χ1v) is 5.58. The molecule has 114 valence electrons. The number of hydrogen-bond donors (Lipinski definition) is 2. The number of rotatable bonds is 2. The largest absolute Gasteiger partial charge is 1.00 e. The number of anilines is 1. The molecule has 0 aliphatic carbocycles. The van der Waals surface area contributed by atoms with Crippen LogP contribution < -0.4 is 34.4 Å². The predicted molar refractivity (Wildman–Crippen MR) is 75.0 cm³/mol. The Morgan fingerprint density at radius 3 is 2.48 bits per heavy atom. The maximum Gasteiger partial charge on any atom is 0.332 e. The summed E-state index contributed by atoms with van der Waals surface area (Å²) in [5.41, 5.74) is 5.62. The van der Waals surface area contributed by atoms with E-state index in [-0.39, 0.29) is 29.4 Å². The van der Waals surface area contributed by atoms with Crippen LogP contribution in [0.25, 0.3) is 0 Å². The fraction of sp³-hybridized carbons (Fsp3) is 0.167. The summed E-state index contributed by atoms with van der Waals surface area (Å²) in [6, 6.07) is 5.38. The maximum atomic E-state index is 12.0. The van der Waals surface area contributed by atoms with Crippen molar-refractivity contribution in [1.82, 2.24) is 14.1 Å². The lowest BCUT2D eigenvalue weighted by molar-refractivity contribution is -0.348. The predicted octanol–water partition coefficient (Wildman–Crippen LogP) is -5.93. The summed E-state index contributed by atoms with van der Waals surface area (Å²) in [6.07, 6.45) is 3.19. The summed E-state index contributed by atoms with van der Waals surface area (Å²) >= 11 is 0. The number of aromatic nitrogens is 3. The van der Waals surface area contributed by atoms with Gasteiger partial charge in [0.25, 0.3) is 0 Å². The average molecular weight is 314 g/mol. The Balaban J connectivity index is 0.00000200. The molecule has 2 aromatic rings. The van der Waals surface area contributed by atoms with Gasteiger partial charge < -0.3 is 23.6 Å². The molecule has 2 rings (SSSR count). The van der Waals surface area contributed by atoms with E-state index in [9.17, 15) is 9.59 Å². The second kappa shape index (κ2) is 7.36. The Hall–Kier alpha value is -2.45. The van der Waals surface area contributed by atoms with E-state index in [1.807, 2.05) is 6.07 Å². The highest BCUT2D eigenvalue weighted by Gasteiger charge is 2.16. The summed E-state index contributed by atoms with van der Waals surface area (Å²) < 4.78 is 2.20. The van der Waals surface area contributed by atoms with Crippen molar-refractivity contribution in [3.8, 4) is 0 Å². The molecule has 0 unspecified atom stereocenters. The van der Waals surface area contributed by atoms with Crippen LogP contribution >= 0.6 is 0 Å². The summed E-state index contributed by atoms with van der Waals surface area (Å²) in [5, 5.41) is 0. The van der Waals surface area contributed by atoms with Crippen LogP contribution in [0.5, 0.6) is 0 Å². The van der Waals surface area contributed by atoms with Gasteiger partial charge in [-0.1, -0.05) is 6.07 Å². The first-order chi connectivity index (χ1) is 9.02. The van der Waals surface area contributed by atoms with Crippen LogP contribution in [0, 0.1) is 0 Å². The van der Waals surface area contributed by atoms with Crippen LogP contribution in [0.15, 0.2) is 34.0 Å². The van der Waals surface area contributed by atoms with Gasteiger partial charge in [-0.3, -0.25) is 18.9 Å². The molecule has 0 aliphatic rings. The molecule has 9 heteroatoms. The van der Waals surface area contributed by atoms with Crippen LogP contribution in [0.4, 0.5) is 11.5 Å². The molecule has 0 amide bonds. The van der Waals surface area contributed by atoms with Gasteiger partial charge >= 0.3 is 16.9 Å². The molecule has 0 aromatic carbocycles. The number of pyridine rings is 1. The molecule has 0 aliphatic heterocycles. The Bertz CT molecular complexity index is 752. The summed E-state index contributed by atoms with van der Waals surface area (Å²) in [7, 11) is 2.90. The van der Waals surface area contributed by atoms with Gasteiger partial charge in [0.2, 0.25) is 0 Å². The number of nitrogens with two attached hydrogens (primary N) is 1. The lowest BCUT2D eigenvalue weighted by Gasteiger charge is -2.04. The zero-order valence-corrected chi connectivity index (χ0v) is 12.3. The minimum Gasteiger partial charge on any atom is -1.00 e. The van der Waals surface area contributed by atoms with Crippen LogP contribution in [-0.2, 0) is 14.1 Å². The van der Waals surface area contributed by atoms with E-state index in [0.29, 0.717) is 5.69 Å². The molecule has 21 heavy (non-hydrogen) atoms. The first kappa shape index (κ1) is 18.6. The van der Waals surface area contributed by atoms with Gasteiger partial charge in [-0.15, -0.1) is 0 Å². The third kappa shape index (κ3) is 3.56. The highest BCUT2D eigenvalue weighted by atomic mass is 35.5. The van der Waals surface area contributed by atoms with E-state index in [0.717, 1.165) is 4.57 Å².